The van der Waals surface area contributed by atoms with Gasteiger partial charge in [0.05, 0.1) is 12.2 Å². The van der Waals surface area contributed by atoms with Crippen LogP contribution in [0.4, 0.5) is 0 Å². The van der Waals surface area contributed by atoms with Gasteiger partial charge in [-0.2, -0.15) is 0 Å². The van der Waals surface area contributed by atoms with Crippen molar-refractivity contribution in [2.24, 2.45) is 5.92 Å². The summed E-state index contributed by atoms with van der Waals surface area (Å²) < 4.78 is 5.38. The number of nitrogens with zero attached hydrogens (tertiary/aromatic N) is 2. The fraction of sp³-hybridized carbons (Fsp3) is 0.545. The van der Waals surface area contributed by atoms with Gasteiger partial charge in [0.25, 0.3) is 0 Å². The van der Waals surface area contributed by atoms with Crippen molar-refractivity contribution in [2.45, 2.75) is 26.7 Å². The molecule has 82 valence electrons. The number of hydrogen-bond acceptors (Lipinski definition) is 4. The van der Waals surface area contributed by atoms with Gasteiger partial charge in [0, 0.05) is 12.4 Å². The number of aromatic nitrogens is 2. The Morgan fingerprint density at radius 3 is 2.67 bits per heavy atom. The normalized spacial score (nSPS) is 12.1. The smallest absolute Gasteiger partial charge is 0.316 e. The van der Waals surface area contributed by atoms with Crippen molar-refractivity contribution in [3.05, 3.63) is 18.0 Å². The number of aldehydes is 1. The van der Waals surface area contributed by atoms with Crippen molar-refractivity contribution in [1.82, 2.24) is 9.97 Å². The van der Waals surface area contributed by atoms with Crippen LogP contribution in [0.2, 0.25) is 0 Å². The number of carbonyl (C=O) groups excluding carboxylic acids is 1. The van der Waals surface area contributed by atoms with Gasteiger partial charge in [0.1, 0.15) is 0 Å². The van der Waals surface area contributed by atoms with Crippen LogP contribution in [-0.2, 0) is 0 Å². The molecule has 0 N–H and O–H groups in total. The highest BCUT2D eigenvalue weighted by molar-refractivity contribution is 5.73. The summed E-state index contributed by atoms with van der Waals surface area (Å²) in [6, 6.07) is 0.337. The van der Waals surface area contributed by atoms with E-state index in [9.17, 15) is 4.79 Å². The van der Waals surface area contributed by atoms with Gasteiger partial charge in [0.15, 0.2) is 6.29 Å². The Morgan fingerprint density at radius 1 is 1.47 bits per heavy atom. The molecule has 0 aliphatic rings. The zero-order valence-corrected chi connectivity index (χ0v) is 9.14. The van der Waals surface area contributed by atoms with E-state index in [2.05, 4.69) is 23.8 Å². The second kappa shape index (κ2) is 6.11. The van der Waals surface area contributed by atoms with Crippen molar-refractivity contribution in [2.75, 3.05) is 6.61 Å². The minimum atomic E-state index is 0.337. The first-order valence-corrected chi connectivity index (χ1v) is 5.16. The molecular formula is C11H16N2O2. The Morgan fingerprint density at radius 2 is 2.13 bits per heavy atom. The van der Waals surface area contributed by atoms with E-state index < -0.39 is 0 Å². The van der Waals surface area contributed by atoms with Crippen LogP contribution in [0.3, 0.4) is 0 Å². The molecule has 1 aromatic heterocycles. The Bertz CT molecular complexity index is 298. The summed E-state index contributed by atoms with van der Waals surface area (Å²) in [5, 5.41) is 0. The van der Waals surface area contributed by atoms with Crippen LogP contribution in [0.15, 0.2) is 12.4 Å². The lowest BCUT2D eigenvalue weighted by Crippen LogP contribution is -2.10. The molecular weight excluding hydrogens is 192 g/mol. The van der Waals surface area contributed by atoms with E-state index >= 15 is 0 Å². The number of ether oxygens (including phenoxy) is 1. The molecule has 0 saturated heterocycles. The molecule has 0 saturated carbocycles. The fourth-order valence-electron chi connectivity index (χ4n) is 1.25. The van der Waals surface area contributed by atoms with E-state index in [4.69, 9.17) is 4.74 Å². The highest BCUT2D eigenvalue weighted by Crippen LogP contribution is 2.07. The lowest BCUT2D eigenvalue weighted by atomic mass is 10.1. The third-order valence-corrected chi connectivity index (χ3v) is 2.06. The molecule has 1 heterocycles. The molecule has 0 amide bonds. The molecule has 0 spiro atoms. The van der Waals surface area contributed by atoms with E-state index in [0.717, 1.165) is 12.8 Å². The maximum absolute atomic E-state index is 10.3. The summed E-state index contributed by atoms with van der Waals surface area (Å²) in [5.74, 6) is 0.504. The SMILES string of the molecule is CCCC(C)COc1ncc(C=O)cn1. The van der Waals surface area contributed by atoms with E-state index in [1.54, 1.807) is 0 Å². The first-order chi connectivity index (χ1) is 7.26. The minimum Gasteiger partial charge on any atom is -0.463 e. The number of carbonyl (C=O) groups is 1. The average Bonchev–Trinajstić information content (AvgIpc) is 2.27. The summed E-state index contributed by atoms with van der Waals surface area (Å²) in [6.45, 7) is 4.89. The van der Waals surface area contributed by atoms with Gasteiger partial charge >= 0.3 is 6.01 Å². The monoisotopic (exact) mass is 208 g/mol. The van der Waals surface area contributed by atoms with E-state index in [-0.39, 0.29) is 0 Å². The third kappa shape index (κ3) is 4.06. The quantitative estimate of drug-likeness (QED) is 0.672. The van der Waals surface area contributed by atoms with Gasteiger partial charge in [-0.25, -0.2) is 9.97 Å². The summed E-state index contributed by atoms with van der Waals surface area (Å²) in [4.78, 5) is 18.2. The molecule has 0 radical (unpaired) electrons. The highest BCUT2D eigenvalue weighted by atomic mass is 16.5. The Labute approximate surface area is 89.7 Å². The second-order valence-electron chi connectivity index (χ2n) is 3.62. The molecule has 4 nitrogen and oxygen atoms in total. The van der Waals surface area contributed by atoms with E-state index in [0.29, 0.717) is 30.4 Å². The molecule has 0 aromatic carbocycles. The minimum absolute atomic E-state index is 0.337. The van der Waals surface area contributed by atoms with Crippen molar-refractivity contribution in [3.63, 3.8) is 0 Å². The molecule has 4 heteroatoms. The highest BCUT2D eigenvalue weighted by Gasteiger charge is 2.03. The van der Waals surface area contributed by atoms with Crippen LogP contribution >= 0.6 is 0 Å². The molecule has 0 fully saturated rings. The van der Waals surface area contributed by atoms with Gasteiger partial charge in [-0.05, 0) is 12.3 Å². The predicted octanol–water partition coefficient (Wildman–Crippen LogP) is 2.10. The van der Waals surface area contributed by atoms with Crippen LogP contribution in [0.5, 0.6) is 6.01 Å². The molecule has 0 aliphatic carbocycles. The van der Waals surface area contributed by atoms with Gasteiger partial charge in [-0.15, -0.1) is 0 Å². The van der Waals surface area contributed by atoms with Gasteiger partial charge in [-0.3, -0.25) is 4.79 Å². The molecule has 1 unspecified atom stereocenters. The van der Waals surface area contributed by atoms with Crippen LogP contribution in [0, 0.1) is 5.92 Å². The summed E-state index contributed by atoms with van der Waals surface area (Å²) >= 11 is 0. The van der Waals surface area contributed by atoms with Crippen molar-refractivity contribution >= 4 is 6.29 Å². The maximum atomic E-state index is 10.3. The van der Waals surface area contributed by atoms with E-state index in [1.165, 1.54) is 12.4 Å². The molecule has 0 aliphatic heterocycles. The Hall–Kier alpha value is -1.45. The molecule has 1 aromatic rings. The average molecular weight is 208 g/mol. The number of rotatable bonds is 6. The van der Waals surface area contributed by atoms with Crippen molar-refractivity contribution < 1.29 is 9.53 Å². The zero-order chi connectivity index (χ0) is 11.1. The Balaban J connectivity index is 2.40. The first kappa shape index (κ1) is 11.6. The maximum Gasteiger partial charge on any atom is 0.316 e. The summed E-state index contributed by atoms with van der Waals surface area (Å²) in [5.41, 5.74) is 0.462. The second-order valence-corrected chi connectivity index (χ2v) is 3.62. The summed E-state index contributed by atoms with van der Waals surface area (Å²) in [6.07, 6.45) is 5.91. The topological polar surface area (TPSA) is 52.1 Å². The van der Waals surface area contributed by atoms with Crippen LogP contribution in [-0.4, -0.2) is 22.9 Å². The van der Waals surface area contributed by atoms with Crippen LogP contribution in [0.25, 0.3) is 0 Å². The third-order valence-electron chi connectivity index (χ3n) is 2.06. The van der Waals surface area contributed by atoms with Crippen LogP contribution < -0.4 is 4.74 Å². The van der Waals surface area contributed by atoms with Gasteiger partial charge < -0.3 is 4.74 Å². The first-order valence-electron chi connectivity index (χ1n) is 5.16. The predicted molar refractivity (Wildman–Crippen MR) is 57.0 cm³/mol. The van der Waals surface area contributed by atoms with Crippen LogP contribution in [0.1, 0.15) is 37.0 Å². The number of hydrogen-bond donors (Lipinski definition) is 0. The van der Waals surface area contributed by atoms with E-state index in [1.807, 2.05) is 0 Å². The Kier molecular flexibility index (Phi) is 4.74. The molecule has 15 heavy (non-hydrogen) atoms. The zero-order valence-electron chi connectivity index (χ0n) is 9.14. The van der Waals surface area contributed by atoms with Gasteiger partial charge in [0.2, 0.25) is 0 Å². The largest absolute Gasteiger partial charge is 0.463 e. The molecule has 1 rings (SSSR count). The molecule has 0 bridgehead atoms. The van der Waals surface area contributed by atoms with Crippen molar-refractivity contribution in [3.8, 4) is 6.01 Å². The van der Waals surface area contributed by atoms with Crippen molar-refractivity contribution in [1.29, 1.82) is 0 Å². The summed E-state index contributed by atoms with van der Waals surface area (Å²) in [7, 11) is 0. The fourth-order valence-corrected chi connectivity index (χ4v) is 1.25. The van der Waals surface area contributed by atoms with Gasteiger partial charge in [-0.1, -0.05) is 20.3 Å². The lowest BCUT2D eigenvalue weighted by Gasteiger charge is -2.10. The standard InChI is InChI=1S/C11H16N2O2/c1-3-4-9(2)8-15-11-12-5-10(7-14)6-13-11/h5-7,9H,3-4,8H2,1-2H3. The lowest BCUT2D eigenvalue weighted by molar-refractivity contribution is 0.112. The molecule has 1 atom stereocenters.